The quantitative estimate of drug-likeness (QED) is 0.721. The van der Waals surface area contributed by atoms with Crippen LogP contribution in [0.25, 0.3) is 0 Å². The van der Waals surface area contributed by atoms with Gasteiger partial charge in [0.05, 0.1) is 30.5 Å². The van der Waals surface area contributed by atoms with Gasteiger partial charge in [0.2, 0.25) is 0 Å². The normalized spacial score (nSPS) is 13.6. The highest BCUT2D eigenvalue weighted by molar-refractivity contribution is 6.20. The molecule has 0 atom stereocenters. The maximum absolute atomic E-state index is 12.2. The third-order valence-electron chi connectivity index (χ3n) is 3.84. The SMILES string of the molecule is CN(C(=O)OC(C)(C)C)c1cn(CCON2C(=O)c3ccccc3C2=O)nn1. The highest BCUT2D eigenvalue weighted by Crippen LogP contribution is 2.22. The molecule has 0 unspecified atom stereocenters. The molecule has 0 saturated carbocycles. The van der Waals surface area contributed by atoms with Gasteiger partial charge < -0.3 is 4.74 Å². The third-order valence-corrected chi connectivity index (χ3v) is 3.84. The first-order valence-corrected chi connectivity index (χ1v) is 8.65. The second-order valence-electron chi connectivity index (χ2n) is 7.16. The van der Waals surface area contributed by atoms with Crippen molar-refractivity contribution in [2.24, 2.45) is 0 Å². The fourth-order valence-electron chi connectivity index (χ4n) is 2.49. The molecule has 2 aromatic rings. The third kappa shape index (κ3) is 4.01. The fraction of sp³-hybridized carbons (Fsp3) is 0.389. The Bertz CT molecular complexity index is 882. The summed E-state index contributed by atoms with van der Waals surface area (Å²) in [5.74, 6) is -0.691. The number of ether oxygens (including phenoxy) is 1. The Morgan fingerprint density at radius 3 is 2.32 bits per heavy atom. The maximum Gasteiger partial charge on any atom is 0.415 e. The minimum absolute atomic E-state index is 0.0183. The minimum Gasteiger partial charge on any atom is -0.443 e. The fourth-order valence-corrected chi connectivity index (χ4v) is 2.49. The molecule has 3 rings (SSSR count). The molecule has 1 aliphatic rings. The zero-order chi connectivity index (χ0) is 20.5. The van der Waals surface area contributed by atoms with E-state index in [9.17, 15) is 14.4 Å². The van der Waals surface area contributed by atoms with Crippen molar-refractivity contribution in [3.05, 3.63) is 41.6 Å². The van der Waals surface area contributed by atoms with Crippen LogP contribution >= 0.6 is 0 Å². The van der Waals surface area contributed by atoms with Gasteiger partial charge in [-0.05, 0) is 32.9 Å². The van der Waals surface area contributed by atoms with E-state index in [4.69, 9.17) is 9.57 Å². The number of hydroxylamine groups is 2. The summed E-state index contributed by atoms with van der Waals surface area (Å²) in [6, 6.07) is 6.53. The highest BCUT2D eigenvalue weighted by atomic mass is 16.7. The number of fused-ring (bicyclic) bond motifs is 1. The van der Waals surface area contributed by atoms with Gasteiger partial charge in [-0.3, -0.25) is 19.3 Å². The molecule has 2 heterocycles. The summed E-state index contributed by atoms with van der Waals surface area (Å²) in [4.78, 5) is 43.1. The highest BCUT2D eigenvalue weighted by Gasteiger charge is 2.36. The largest absolute Gasteiger partial charge is 0.443 e. The molecule has 28 heavy (non-hydrogen) atoms. The number of nitrogens with zero attached hydrogens (tertiary/aromatic N) is 5. The minimum atomic E-state index is -0.623. The molecule has 1 aromatic carbocycles. The number of hydrogen-bond acceptors (Lipinski definition) is 7. The summed E-state index contributed by atoms with van der Waals surface area (Å²) in [5.41, 5.74) is 0.00530. The van der Waals surface area contributed by atoms with Crippen LogP contribution in [0.2, 0.25) is 0 Å². The van der Waals surface area contributed by atoms with Crippen LogP contribution in [0.4, 0.5) is 10.6 Å². The van der Waals surface area contributed by atoms with Gasteiger partial charge in [-0.25, -0.2) is 9.48 Å². The molecule has 1 aliphatic heterocycles. The monoisotopic (exact) mass is 387 g/mol. The molecule has 0 bridgehead atoms. The van der Waals surface area contributed by atoms with E-state index in [1.807, 2.05) is 0 Å². The Morgan fingerprint density at radius 1 is 1.14 bits per heavy atom. The van der Waals surface area contributed by atoms with E-state index in [2.05, 4.69) is 10.3 Å². The molecular weight excluding hydrogens is 366 g/mol. The van der Waals surface area contributed by atoms with Crippen LogP contribution in [0.1, 0.15) is 41.5 Å². The van der Waals surface area contributed by atoms with Crippen LogP contribution < -0.4 is 4.90 Å². The van der Waals surface area contributed by atoms with Crippen molar-refractivity contribution in [1.29, 1.82) is 0 Å². The number of rotatable bonds is 5. The first-order valence-electron chi connectivity index (χ1n) is 8.65. The van der Waals surface area contributed by atoms with Gasteiger partial charge in [0.15, 0.2) is 5.82 Å². The van der Waals surface area contributed by atoms with E-state index in [-0.39, 0.29) is 13.2 Å². The summed E-state index contributed by atoms with van der Waals surface area (Å²) in [6.45, 7) is 5.55. The lowest BCUT2D eigenvalue weighted by molar-refractivity contribution is -0.0941. The lowest BCUT2D eigenvalue weighted by Gasteiger charge is -2.23. The van der Waals surface area contributed by atoms with E-state index in [0.717, 1.165) is 5.06 Å². The smallest absolute Gasteiger partial charge is 0.415 e. The second kappa shape index (κ2) is 7.39. The molecule has 0 fully saturated rings. The predicted molar refractivity (Wildman–Crippen MR) is 97.6 cm³/mol. The van der Waals surface area contributed by atoms with Gasteiger partial charge >= 0.3 is 6.09 Å². The summed E-state index contributed by atoms with van der Waals surface area (Å²) >= 11 is 0. The Hall–Kier alpha value is -3.27. The van der Waals surface area contributed by atoms with Gasteiger partial charge in [-0.15, -0.1) is 10.2 Å². The Balaban J connectivity index is 1.55. The first-order chi connectivity index (χ1) is 13.2. The molecule has 148 valence electrons. The molecule has 0 radical (unpaired) electrons. The van der Waals surface area contributed by atoms with Crippen LogP contribution in [0.3, 0.4) is 0 Å². The van der Waals surface area contributed by atoms with Crippen LogP contribution in [0.15, 0.2) is 30.5 Å². The van der Waals surface area contributed by atoms with Gasteiger partial charge in [0.1, 0.15) is 5.60 Å². The lowest BCUT2D eigenvalue weighted by Crippen LogP contribution is -2.34. The molecule has 10 nitrogen and oxygen atoms in total. The first kappa shape index (κ1) is 19.5. The van der Waals surface area contributed by atoms with Crippen molar-refractivity contribution in [3.63, 3.8) is 0 Å². The second-order valence-corrected chi connectivity index (χ2v) is 7.16. The summed E-state index contributed by atoms with van der Waals surface area (Å²) < 4.78 is 6.71. The van der Waals surface area contributed by atoms with Gasteiger partial charge in [0.25, 0.3) is 11.8 Å². The van der Waals surface area contributed by atoms with Crippen molar-refractivity contribution >= 4 is 23.7 Å². The van der Waals surface area contributed by atoms with Crippen LogP contribution in [-0.4, -0.2) is 57.2 Å². The molecular formula is C18H21N5O5. The molecule has 0 spiro atoms. The number of hydrogen-bond donors (Lipinski definition) is 0. The van der Waals surface area contributed by atoms with Crippen molar-refractivity contribution < 1.29 is 24.0 Å². The summed E-state index contributed by atoms with van der Waals surface area (Å²) in [5, 5.41) is 8.57. The van der Waals surface area contributed by atoms with Crippen LogP contribution in [0, 0.1) is 0 Å². The Morgan fingerprint density at radius 2 is 1.75 bits per heavy atom. The zero-order valence-corrected chi connectivity index (χ0v) is 16.1. The zero-order valence-electron chi connectivity index (χ0n) is 16.1. The molecule has 3 amide bonds. The molecule has 0 saturated heterocycles. The van der Waals surface area contributed by atoms with Crippen molar-refractivity contribution in [2.45, 2.75) is 32.9 Å². The number of anilines is 1. The average Bonchev–Trinajstić information content (AvgIpc) is 3.19. The molecule has 1 aromatic heterocycles. The lowest BCUT2D eigenvalue weighted by atomic mass is 10.1. The van der Waals surface area contributed by atoms with Crippen LogP contribution in [-0.2, 0) is 16.1 Å². The van der Waals surface area contributed by atoms with E-state index < -0.39 is 23.5 Å². The summed E-state index contributed by atoms with van der Waals surface area (Å²) in [6.07, 6.45) is 0.983. The summed E-state index contributed by atoms with van der Waals surface area (Å²) in [7, 11) is 1.53. The van der Waals surface area contributed by atoms with Gasteiger partial charge in [-0.1, -0.05) is 17.3 Å². The average molecular weight is 387 g/mol. The van der Waals surface area contributed by atoms with Crippen molar-refractivity contribution in [1.82, 2.24) is 20.1 Å². The van der Waals surface area contributed by atoms with Gasteiger partial charge in [0, 0.05) is 7.05 Å². The Kier molecular flexibility index (Phi) is 5.14. The number of imide groups is 1. The number of amides is 3. The molecule has 10 heteroatoms. The maximum atomic E-state index is 12.2. The van der Waals surface area contributed by atoms with Crippen molar-refractivity contribution in [2.75, 3.05) is 18.6 Å². The standard InChI is InChI=1S/C18H21N5O5/c1-18(2,3)28-17(26)21(4)14-11-22(20-19-14)9-10-27-23-15(24)12-7-5-6-8-13(12)16(23)25/h5-8,11H,9-10H2,1-4H3. The predicted octanol–water partition coefficient (Wildman–Crippen LogP) is 1.88. The number of carbonyl (C=O) groups is 3. The van der Waals surface area contributed by atoms with E-state index in [1.54, 1.807) is 45.0 Å². The molecule has 0 N–H and O–H groups in total. The number of carbonyl (C=O) groups excluding carboxylic acids is 3. The van der Waals surface area contributed by atoms with Crippen LogP contribution in [0.5, 0.6) is 0 Å². The Labute approximate surface area is 161 Å². The molecule has 0 aliphatic carbocycles. The van der Waals surface area contributed by atoms with Crippen molar-refractivity contribution in [3.8, 4) is 0 Å². The number of benzene rings is 1. The van der Waals surface area contributed by atoms with E-state index in [0.29, 0.717) is 16.9 Å². The van der Waals surface area contributed by atoms with Gasteiger partial charge in [-0.2, -0.15) is 0 Å². The van der Waals surface area contributed by atoms with E-state index >= 15 is 0 Å². The number of aromatic nitrogens is 3. The van der Waals surface area contributed by atoms with E-state index in [1.165, 1.54) is 22.8 Å². The topological polar surface area (TPSA) is 107 Å².